The van der Waals surface area contributed by atoms with E-state index in [4.69, 9.17) is 14.6 Å². The van der Waals surface area contributed by atoms with Crippen molar-refractivity contribution in [1.29, 1.82) is 0 Å². The number of phenolic OH excluding ortho intramolecular Hbond substituents is 1. The largest absolute Gasteiger partial charge is 0.504 e. The molecule has 66 valence electrons. The van der Waals surface area contributed by atoms with Crippen LogP contribution in [-0.2, 0) is 4.79 Å². The van der Waals surface area contributed by atoms with Crippen molar-refractivity contribution in [3.05, 3.63) is 24.3 Å². The molecule has 0 saturated carbocycles. The molecule has 0 unspecified atom stereocenters. The van der Waals surface area contributed by atoms with Crippen molar-refractivity contribution in [2.24, 2.45) is 0 Å². The maximum atomic E-state index is 8.99. The van der Waals surface area contributed by atoms with Crippen LogP contribution < -0.4 is 4.74 Å². The minimum Gasteiger partial charge on any atom is -0.504 e. The van der Waals surface area contributed by atoms with Gasteiger partial charge in [0.2, 0.25) is 0 Å². The summed E-state index contributed by atoms with van der Waals surface area (Å²) in [4.78, 5) is 8.81. The van der Waals surface area contributed by atoms with Crippen LogP contribution in [0.25, 0.3) is 0 Å². The van der Waals surface area contributed by atoms with Gasteiger partial charge < -0.3 is 14.6 Å². The first-order chi connectivity index (χ1) is 5.76. The van der Waals surface area contributed by atoms with Gasteiger partial charge in [0.05, 0.1) is 7.11 Å². The van der Waals surface area contributed by atoms with E-state index in [1.807, 2.05) is 0 Å². The molecule has 12 heavy (non-hydrogen) atoms. The number of phenols is 1. The van der Waals surface area contributed by atoms with Gasteiger partial charge in [0.1, 0.15) is 6.29 Å². The van der Waals surface area contributed by atoms with E-state index in [0.717, 1.165) is 6.29 Å². The number of rotatable bonds is 1. The topological polar surface area (TPSA) is 46.5 Å². The van der Waals surface area contributed by atoms with E-state index in [9.17, 15) is 0 Å². The molecule has 0 bridgehead atoms. The fourth-order valence-corrected chi connectivity index (χ4v) is 0.630. The van der Waals surface area contributed by atoms with Gasteiger partial charge >= 0.3 is 0 Å². The SMILES string of the molecule is CC=O.COc1ccccc1O. The minimum atomic E-state index is 0.181. The lowest BCUT2D eigenvalue weighted by atomic mass is 10.3. The van der Waals surface area contributed by atoms with Crippen molar-refractivity contribution in [2.75, 3.05) is 7.11 Å². The Bertz CT molecular complexity index is 233. The monoisotopic (exact) mass is 168 g/mol. The van der Waals surface area contributed by atoms with Gasteiger partial charge in [0.15, 0.2) is 11.5 Å². The number of aldehydes is 1. The van der Waals surface area contributed by atoms with E-state index >= 15 is 0 Å². The normalized spacial score (nSPS) is 7.83. The Morgan fingerprint density at radius 2 is 1.92 bits per heavy atom. The molecular weight excluding hydrogens is 156 g/mol. The fraction of sp³-hybridized carbons (Fsp3) is 0.222. The van der Waals surface area contributed by atoms with Crippen molar-refractivity contribution < 1.29 is 14.6 Å². The lowest BCUT2D eigenvalue weighted by molar-refractivity contribution is -0.106. The summed E-state index contributed by atoms with van der Waals surface area (Å²) in [6.07, 6.45) is 0.750. The molecule has 0 aliphatic carbocycles. The van der Waals surface area contributed by atoms with Crippen LogP contribution in [0, 0.1) is 0 Å². The number of carbonyl (C=O) groups excluding carboxylic acids is 1. The molecule has 1 aromatic carbocycles. The van der Waals surface area contributed by atoms with E-state index < -0.39 is 0 Å². The molecule has 3 nitrogen and oxygen atoms in total. The van der Waals surface area contributed by atoms with Gasteiger partial charge in [-0.15, -0.1) is 0 Å². The van der Waals surface area contributed by atoms with Crippen molar-refractivity contribution in [1.82, 2.24) is 0 Å². The van der Waals surface area contributed by atoms with Gasteiger partial charge in [-0.3, -0.25) is 0 Å². The number of benzene rings is 1. The maximum absolute atomic E-state index is 8.99. The molecule has 0 aliphatic rings. The minimum absolute atomic E-state index is 0.181. The van der Waals surface area contributed by atoms with Crippen molar-refractivity contribution in [2.45, 2.75) is 6.92 Å². The summed E-state index contributed by atoms with van der Waals surface area (Å²) in [6.45, 7) is 1.44. The van der Waals surface area contributed by atoms with E-state index in [1.165, 1.54) is 14.0 Å². The second kappa shape index (κ2) is 6.22. The Labute approximate surface area is 71.6 Å². The van der Waals surface area contributed by atoms with Crippen LogP contribution in [0.3, 0.4) is 0 Å². The van der Waals surface area contributed by atoms with Gasteiger partial charge in [-0.05, 0) is 19.1 Å². The number of para-hydroxylation sites is 2. The van der Waals surface area contributed by atoms with Gasteiger partial charge in [0, 0.05) is 0 Å². The highest BCUT2D eigenvalue weighted by Gasteiger charge is 1.94. The first-order valence-electron chi connectivity index (χ1n) is 3.48. The molecule has 0 amide bonds. The zero-order chi connectivity index (χ0) is 9.40. The maximum Gasteiger partial charge on any atom is 0.160 e. The number of aromatic hydroxyl groups is 1. The molecule has 0 aromatic heterocycles. The van der Waals surface area contributed by atoms with Crippen LogP contribution in [0.1, 0.15) is 6.92 Å². The Kier molecular flexibility index (Phi) is 5.43. The van der Waals surface area contributed by atoms with E-state index in [1.54, 1.807) is 24.3 Å². The molecule has 0 atom stereocenters. The molecule has 0 spiro atoms. The highest BCUT2D eigenvalue weighted by atomic mass is 16.5. The van der Waals surface area contributed by atoms with Crippen LogP contribution in [0.5, 0.6) is 11.5 Å². The second-order valence-electron chi connectivity index (χ2n) is 1.91. The third kappa shape index (κ3) is 3.61. The standard InChI is InChI=1S/C7H8O2.C2H4O/c1-9-7-5-3-2-4-6(7)8;1-2-3/h2-5,8H,1H3;2H,1H3. The molecule has 0 aliphatic heterocycles. The number of carbonyl (C=O) groups is 1. The van der Waals surface area contributed by atoms with Gasteiger partial charge in [-0.25, -0.2) is 0 Å². The lowest BCUT2D eigenvalue weighted by Gasteiger charge is -1.99. The highest BCUT2D eigenvalue weighted by Crippen LogP contribution is 2.22. The van der Waals surface area contributed by atoms with Crippen molar-refractivity contribution in [3.63, 3.8) is 0 Å². The molecule has 3 heteroatoms. The molecule has 1 rings (SSSR count). The van der Waals surface area contributed by atoms with Crippen molar-refractivity contribution in [3.8, 4) is 11.5 Å². The number of ether oxygens (including phenoxy) is 1. The smallest absolute Gasteiger partial charge is 0.160 e. The predicted octanol–water partition coefficient (Wildman–Crippen LogP) is 1.61. The molecule has 0 heterocycles. The Morgan fingerprint density at radius 3 is 2.25 bits per heavy atom. The average Bonchev–Trinajstić information content (AvgIpc) is 2.07. The van der Waals surface area contributed by atoms with Crippen LogP contribution >= 0.6 is 0 Å². The van der Waals surface area contributed by atoms with E-state index in [0.29, 0.717) is 5.75 Å². The second-order valence-corrected chi connectivity index (χ2v) is 1.91. The van der Waals surface area contributed by atoms with Crippen LogP contribution in [-0.4, -0.2) is 18.5 Å². The molecule has 0 fully saturated rings. The summed E-state index contributed by atoms with van der Waals surface area (Å²) in [7, 11) is 1.52. The van der Waals surface area contributed by atoms with Crippen LogP contribution in [0.4, 0.5) is 0 Å². The third-order valence-corrected chi connectivity index (χ3v) is 1.09. The zero-order valence-corrected chi connectivity index (χ0v) is 7.15. The predicted molar refractivity (Wildman–Crippen MR) is 46.4 cm³/mol. The van der Waals surface area contributed by atoms with E-state index in [2.05, 4.69) is 0 Å². The van der Waals surface area contributed by atoms with Crippen molar-refractivity contribution >= 4 is 6.29 Å². The van der Waals surface area contributed by atoms with Gasteiger partial charge in [0.25, 0.3) is 0 Å². The Hall–Kier alpha value is -1.51. The average molecular weight is 168 g/mol. The summed E-state index contributed by atoms with van der Waals surface area (Å²) in [6, 6.07) is 6.84. The molecule has 1 N–H and O–H groups in total. The number of methoxy groups -OCH3 is 1. The molecule has 0 saturated heterocycles. The first kappa shape index (κ1) is 10.5. The summed E-state index contributed by atoms with van der Waals surface area (Å²) in [5.74, 6) is 0.692. The van der Waals surface area contributed by atoms with Crippen LogP contribution in [0.2, 0.25) is 0 Å². The quantitative estimate of drug-likeness (QED) is 0.648. The molecule has 1 aromatic rings. The number of hydrogen-bond acceptors (Lipinski definition) is 3. The zero-order valence-electron chi connectivity index (χ0n) is 7.15. The number of hydrogen-bond donors (Lipinski definition) is 1. The summed E-state index contributed by atoms with van der Waals surface area (Å²) in [5, 5.41) is 8.99. The molecule has 0 radical (unpaired) electrons. The fourth-order valence-electron chi connectivity index (χ4n) is 0.630. The summed E-state index contributed by atoms with van der Waals surface area (Å²) < 4.78 is 4.79. The highest BCUT2D eigenvalue weighted by molar-refractivity contribution is 5.44. The summed E-state index contributed by atoms with van der Waals surface area (Å²) in [5.41, 5.74) is 0. The lowest BCUT2D eigenvalue weighted by Crippen LogP contribution is -1.80. The van der Waals surface area contributed by atoms with Gasteiger partial charge in [-0.2, -0.15) is 0 Å². The third-order valence-electron chi connectivity index (χ3n) is 1.09. The van der Waals surface area contributed by atoms with E-state index in [-0.39, 0.29) is 5.75 Å². The first-order valence-corrected chi connectivity index (χ1v) is 3.48. The Balaban J connectivity index is 0.000000354. The van der Waals surface area contributed by atoms with Crippen LogP contribution in [0.15, 0.2) is 24.3 Å². The molecular formula is C9H12O3. The van der Waals surface area contributed by atoms with Gasteiger partial charge in [-0.1, -0.05) is 12.1 Å². The Morgan fingerprint density at radius 1 is 1.42 bits per heavy atom. The summed E-state index contributed by atoms with van der Waals surface area (Å²) >= 11 is 0.